The number of nitrogens with zero attached hydrogens (tertiary/aromatic N) is 2. The van der Waals surface area contributed by atoms with Crippen molar-refractivity contribution in [2.75, 3.05) is 19.6 Å². The Morgan fingerprint density at radius 1 is 1.26 bits per heavy atom. The molecular weight excluding hydrogens is 356 g/mol. The van der Waals surface area contributed by atoms with Crippen LogP contribution in [0.3, 0.4) is 0 Å². The van der Waals surface area contributed by atoms with E-state index in [2.05, 4.69) is 10.6 Å². The zero-order valence-electron chi connectivity index (χ0n) is 15.4. The summed E-state index contributed by atoms with van der Waals surface area (Å²) < 4.78 is 5.05. The van der Waals surface area contributed by atoms with Crippen LogP contribution in [0.4, 0.5) is 9.59 Å². The van der Waals surface area contributed by atoms with Crippen LogP contribution in [0.1, 0.15) is 39.5 Å². The summed E-state index contributed by atoms with van der Waals surface area (Å²) in [6.45, 7) is 3.24. The van der Waals surface area contributed by atoms with E-state index in [-0.39, 0.29) is 12.5 Å². The normalized spacial score (nSPS) is 29.0. The van der Waals surface area contributed by atoms with Crippen molar-refractivity contribution in [2.24, 2.45) is 5.92 Å². The maximum atomic E-state index is 12.8. The Morgan fingerprint density at radius 2 is 2.00 bits per heavy atom. The lowest BCUT2D eigenvalue weighted by molar-refractivity contribution is -0.159. The van der Waals surface area contributed by atoms with Crippen LogP contribution in [0.2, 0.25) is 0 Å². The molecule has 10 heteroatoms. The van der Waals surface area contributed by atoms with Crippen molar-refractivity contribution < 1.29 is 28.7 Å². The van der Waals surface area contributed by atoms with Crippen LogP contribution in [0, 0.1) is 5.92 Å². The predicted octanol–water partition coefficient (Wildman–Crippen LogP) is -0.0294. The first kappa shape index (κ1) is 19.1. The Kier molecular flexibility index (Phi) is 5.07. The summed E-state index contributed by atoms with van der Waals surface area (Å²) in [6, 6.07) is -1.16. The molecule has 2 heterocycles. The Hall–Kier alpha value is -2.65. The smallest absolute Gasteiger partial charge is 0.327 e. The molecule has 2 aliphatic heterocycles. The molecule has 0 aromatic heterocycles. The second kappa shape index (κ2) is 7.16. The number of rotatable bonds is 4. The van der Waals surface area contributed by atoms with E-state index in [9.17, 15) is 24.0 Å². The van der Waals surface area contributed by atoms with E-state index < -0.39 is 48.0 Å². The largest absolute Gasteiger partial charge is 0.451 e. The molecule has 0 aromatic rings. The van der Waals surface area contributed by atoms with Gasteiger partial charge in [0.05, 0.1) is 0 Å². The van der Waals surface area contributed by atoms with Crippen molar-refractivity contribution in [1.29, 1.82) is 0 Å². The molecule has 3 rings (SSSR count). The standard InChI is InChI=1S/C17H24N4O6/c1-10-5-3-4-6-17(10)14(24)21(16(26)19-17)9-12(22)27-11(2)13(23)20-8-7-18-15(20)25/h10-11H,3-9H2,1-2H3,(H,18,25)(H,19,26)/t10-,11+,17-/m1/s1. The van der Waals surface area contributed by atoms with Gasteiger partial charge < -0.3 is 15.4 Å². The molecule has 0 radical (unpaired) electrons. The maximum Gasteiger partial charge on any atom is 0.327 e. The third kappa shape index (κ3) is 3.35. The fourth-order valence-corrected chi connectivity index (χ4v) is 3.95. The molecule has 2 N–H and O–H groups in total. The fourth-order valence-electron chi connectivity index (χ4n) is 3.95. The van der Waals surface area contributed by atoms with Gasteiger partial charge in [0.1, 0.15) is 12.1 Å². The molecule has 2 saturated heterocycles. The molecule has 3 aliphatic rings. The first-order chi connectivity index (χ1) is 12.8. The fraction of sp³-hybridized carbons (Fsp3) is 0.706. The maximum absolute atomic E-state index is 12.8. The number of carbonyl (C=O) groups excluding carboxylic acids is 5. The van der Waals surface area contributed by atoms with Crippen molar-refractivity contribution >= 4 is 29.8 Å². The van der Waals surface area contributed by atoms with E-state index in [1.54, 1.807) is 0 Å². The van der Waals surface area contributed by atoms with Gasteiger partial charge in [-0.3, -0.25) is 24.2 Å². The highest BCUT2D eigenvalue weighted by atomic mass is 16.5. The van der Waals surface area contributed by atoms with Gasteiger partial charge in [-0.25, -0.2) is 9.59 Å². The second-order valence-corrected chi connectivity index (χ2v) is 7.29. The molecular formula is C17H24N4O6. The Labute approximate surface area is 156 Å². The summed E-state index contributed by atoms with van der Waals surface area (Å²) in [5.74, 6) is -1.96. The lowest BCUT2D eigenvalue weighted by Gasteiger charge is -2.36. The molecule has 1 spiro atoms. The summed E-state index contributed by atoms with van der Waals surface area (Å²) in [5.41, 5.74) is -0.954. The van der Waals surface area contributed by atoms with Gasteiger partial charge in [-0.2, -0.15) is 0 Å². The molecule has 0 aromatic carbocycles. The molecule has 1 aliphatic carbocycles. The van der Waals surface area contributed by atoms with Crippen LogP contribution >= 0.6 is 0 Å². The summed E-state index contributed by atoms with van der Waals surface area (Å²) in [7, 11) is 0. The van der Waals surface area contributed by atoms with E-state index in [4.69, 9.17) is 4.74 Å². The number of amides is 6. The third-order valence-corrected chi connectivity index (χ3v) is 5.57. The van der Waals surface area contributed by atoms with Crippen LogP contribution in [0.25, 0.3) is 0 Å². The van der Waals surface area contributed by atoms with Crippen LogP contribution in [0.5, 0.6) is 0 Å². The number of esters is 1. The molecule has 3 fully saturated rings. The molecule has 0 bridgehead atoms. The van der Waals surface area contributed by atoms with Crippen molar-refractivity contribution in [1.82, 2.24) is 20.4 Å². The average Bonchev–Trinajstić information content (AvgIpc) is 3.14. The first-order valence-corrected chi connectivity index (χ1v) is 9.19. The van der Waals surface area contributed by atoms with Gasteiger partial charge in [0.2, 0.25) is 0 Å². The molecule has 10 nitrogen and oxygen atoms in total. The van der Waals surface area contributed by atoms with E-state index in [0.29, 0.717) is 13.0 Å². The summed E-state index contributed by atoms with van der Waals surface area (Å²) >= 11 is 0. The van der Waals surface area contributed by atoms with Gasteiger partial charge in [-0.15, -0.1) is 0 Å². The first-order valence-electron chi connectivity index (χ1n) is 9.19. The van der Waals surface area contributed by atoms with Crippen molar-refractivity contribution in [3.63, 3.8) is 0 Å². The van der Waals surface area contributed by atoms with E-state index in [0.717, 1.165) is 29.1 Å². The topological polar surface area (TPSA) is 125 Å². The van der Waals surface area contributed by atoms with Crippen LogP contribution in [0.15, 0.2) is 0 Å². The highest BCUT2D eigenvalue weighted by Gasteiger charge is 2.55. The lowest BCUT2D eigenvalue weighted by Crippen LogP contribution is -2.54. The van der Waals surface area contributed by atoms with Crippen molar-refractivity contribution in [3.8, 4) is 0 Å². The van der Waals surface area contributed by atoms with Gasteiger partial charge in [0.15, 0.2) is 6.10 Å². The highest BCUT2D eigenvalue weighted by Crippen LogP contribution is 2.38. The van der Waals surface area contributed by atoms with Crippen LogP contribution in [-0.4, -0.2) is 70.9 Å². The Balaban J connectivity index is 1.60. The van der Waals surface area contributed by atoms with Gasteiger partial charge in [0, 0.05) is 13.1 Å². The van der Waals surface area contributed by atoms with Gasteiger partial charge in [0.25, 0.3) is 11.8 Å². The minimum Gasteiger partial charge on any atom is -0.451 e. The number of urea groups is 2. The average molecular weight is 380 g/mol. The third-order valence-electron chi connectivity index (χ3n) is 5.57. The number of hydrogen-bond donors (Lipinski definition) is 2. The van der Waals surface area contributed by atoms with Crippen molar-refractivity contribution in [2.45, 2.75) is 51.2 Å². The number of nitrogens with one attached hydrogen (secondary N) is 2. The molecule has 27 heavy (non-hydrogen) atoms. The quantitative estimate of drug-likeness (QED) is 0.521. The monoisotopic (exact) mass is 380 g/mol. The number of carbonyl (C=O) groups is 5. The molecule has 1 saturated carbocycles. The molecule has 3 atom stereocenters. The van der Waals surface area contributed by atoms with E-state index in [1.807, 2.05) is 6.92 Å². The van der Waals surface area contributed by atoms with Crippen LogP contribution < -0.4 is 10.6 Å². The van der Waals surface area contributed by atoms with Crippen LogP contribution in [-0.2, 0) is 19.1 Å². The zero-order valence-corrected chi connectivity index (χ0v) is 15.4. The highest BCUT2D eigenvalue weighted by molar-refractivity contribution is 6.09. The summed E-state index contributed by atoms with van der Waals surface area (Å²) in [6.07, 6.45) is 2.01. The molecule has 0 unspecified atom stereocenters. The van der Waals surface area contributed by atoms with E-state index >= 15 is 0 Å². The molecule has 148 valence electrons. The van der Waals surface area contributed by atoms with Gasteiger partial charge >= 0.3 is 18.0 Å². The minimum atomic E-state index is -1.19. The number of ether oxygens (including phenoxy) is 1. The lowest BCUT2D eigenvalue weighted by atomic mass is 9.73. The minimum absolute atomic E-state index is 0.0158. The molecule has 6 amide bonds. The van der Waals surface area contributed by atoms with Gasteiger partial charge in [-0.05, 0) is 25.7 Å². The van der Waals surface area contributed by atoms with E-state index in [1.165, 1.54) is 6.92 Å². The summed E-state index contributed by atoms with van der Waals surface area (Å²) in [5, 5.41) is 5.24. The number of imide groups is 2. The Bertz CT molecular complexity index is 695. The van der Waals surface area contributed by atoms with Crippen molar-refractivity contribution in [3.05, 3.63) is 0 Å². The number of hydrogen-bond acceptors (Lipinski definition) is 6. The summed E-state index contributed by atoms with van der Waals surface area (Å²) in [4.78, 5) is 62.8. The SMILES string of the molecule is C[C@H](OC(=O)CN1C(=O)N[C@@]2(CCCC[C@H]2C)C1=O)C(=O)N1CCNC1=O. The predicted molar refractivity (Wildman–Crippen MR) is 91.3 cm³/mol. The zero-order chi connectivity index (χ0) is 19.8. The van der Waals surface area contributed by atoms with Gasteiger partial charge in [-0.1, -0.05) is 19.8 Å². The second-order valence-electron chi connectivity index (χ2n) is 7.29. The Morgan fingerprint density at radius 3 is 2.63 bits per heavy atom.